The molecule has 0 unspecified atom stereocenters. The summed E-state index contributed by atoms with van der Waals surface area (Å²) in [6.07, 6.45) is 2.23. The topological polar surface area (TPSA) is 45.6 Å². The zero-order chi connectivity index (χ0) is 20.4. The van der Waals surface area contributed by atoms with Gasteiger partial charge in [-0.1, -0.05) is 28.1 Å². The van der Waals surface area contributed by atoms with Crippen LogP contribution < -0.4 is 9.64 Å². The van der Waals surface area contributed by atoms with Crippen molar-refractivity contribution in [3.63, 3.8) is 0 Å². The molecule has 2 aromatic carbocycles. The molecule has 1 aliphatic heterocycles. The van der Waals surface area contributed by atoms with E-state index in [1.807, 2.05) is 18.2 Å². The highest BCUT2D eigenvalue weighted by Crippen LogP contribution is 2.36. The van der Waals surface area contributed by atoms with Crippen LogP contribution in [0.3, 0.4) is 0 Å². The second-order valence-electron chi connectivity index (χ2n) is 6.86. The van der Waals surface area contributed by atoms with Gasteiger partial charge in [0.25, 0.3) is 0 Å². The summed E-state index contributed by atoms with van der Waals surface area (Å²) in [5.41, 5.74) is 3.01. The van der Waals surface area contributed by atoms with E-state index < -0.39 is 6.61 Å². The molecule has 0 aliphatic carbocycles. The number of phenols is 1. The van der Waals surface area contributed by atoms with Gasteiger partial charge in [0.2, 0.25) is 0 Å². The zero-order valence-electron chi connectivity index (χ0n) is 15.5. The molecular weight excluding hydrogens is 442 g/mol. The van der Waals surface area contributed by atoms with Gasteiger partial charge in [-0.15, -0.1) is 0 Å². The summed E-state index contributed by atoms with van der Waals surface area (Å²) in [4.78, 5) is 7.01. The van der Waals surface area contributed by atoms with Gasteiger partial charge in [0.15, 0.2) is 0 Å². The van der Waals surface area contributed by atoms with Crippen LogP contribution in [0.2, 0.25) is 0 Å². The Bertz CT molecular complexity index is 1010. The van der Waals surface area contributed by atoms with Gasteiger partial charge in [0.1, 0.15) is 17.3 Å². The smallest absolute Gasteiger partial charge is 0.387 e. The van der Waals surface area contributed by atoms with Crippen LogP contribution >= 0.6 is 15.9 Å². The van der Waals surface area contributed by atoms with Gasteiger partial charge in [0.05, 0.1) is 5.69 Å². The number of anilines is 1. The van der Waals surface area contributed by atoms with E-state index in [0.717, 1.165) is 47.3 Å². The monoisotopic (exact) mass is 460 g/mol. The maximum atomic E-state index is 12.4. The zero-order valence-corrected chi connectivity index (χ0v) is 17.1. The molecule has 1 fully saturated rings. The molecular formula is C22H19BrF2N2O2. The first kappa shape index (κ1) is 19.6. The van der Waals surface area contributed by atoms with E-state index >= 15 is 0 Å². The van der Waals surface area contributed by atoms with Crippen molar-refractivity contribution in [3.8, 4) is 33.9 Å². The summed E-state index contributed by atoms with van der Waals surface area (Å²) in [7, 11) is 0. The van der Waals surface area contributed by atoms with Gasteiger partial charge < -0.3 is 14.7 Å². The minimum absolute atomic E-state index is 0.113. The Morgan fingerprint density at radius 2 is 1.69 bits per heavy atom. The number of nitrogens with zero attached hydrogens (tertiary/aromatic N) is 2. The van der Waals surface area contributed by atoms with Crippen LogP contribution in [0.25, 0.3) is 22.4 Å². The van der Waals surface area contributed by atoms with Crippen LogP contribution in [0, 0.1) is 0 Å². The van der Waals surface area contributed by atoms with E-state index in [0.29, 0.717) is 11.3 Å². The molecule has 0 radical (unpaired) electrons. The highest BCUT2D eigenvalue weighted by molar-refractivity contribution is 9.10. The van der Waals surface area contributed by atoms with E-state index in [4.69, 9.17) is 4.98 Å². The van der Waals surface area contributed by atoms with Crippen LogP contribution in [0.4, 0.5) is 14.6 Å². The Kier molecular flexibility index (Phi) is 5.67. The number of phenolic OH excluding ortho intramolecular Hbond substituents is 1. The molecule has 2 heterocycles. The second-order valence-corrected chi connectivity index (χ2v) is 7.77. The lowest BCUT2D eigenvalue weighted by Gasteiger charge is -2.19. The quantitative estimate of drug-likeness (QED) is 0.500. The largest absolute Gasteiger partial charge is 0.507 e. The van der Waals surface area contributed by atoms with Crippen LogP contribution in [-0.2, 0) is 0 Å². The molecule has 3 aromatic rings. The summed E-state index contributed by atoms with van der Waals surface area (Å²) >= 11 is 3.44. The maximum Gasteiger partial charge on any atom is 0.387 e. The van der Waals surface area contributed by atoms with Crippen molar-refractivity contribution in [2.24, 2.45) is 0 Å². The first-order valence-electron chi connectivity index (χ1n) is 9.31. The van der Waals surface area contributed by atoms with Crippen molar-refractivity contribution in [1.29, 1.82) is 0 Å². The Morgan fingerprint density at radius 1 is 0.966 bits per heavy atom. The number of aromatic hydroxyl groups is 1. The number of alkyl halides is 2. The average Bonchev–Trinajstić information content (AvgIpc) is 3.24. The predicted molar refractivity (Wildman–Crippen MR) is 113 cm³/mol. The van der Waals surface area contributed by atoms with Gasteiger partial charge >= 0.3 is 6.61 Å². The average molecular weight is 461 g/mol. The second kappa shape index (κ2) is 8.37. The van der Waals surface area contributed by atoms with Crippen LogP contribution in [0.5, 0.6) is 11.5 Å². The molecule has 0 atom stereocenters. The van der Waals surface area contributed by atoms with E-state index in [2.05, 4.69) is 25.6 Å². The highest BCUT2D eigenvalue weighted by Gasteiger charge is 2.17. The number of hydrogen-bond acceptors (Lipinski definition) is 4. The normalized spacial score (nSPS) is 13.9. The number of hydrogen-bond donors (Lipinski definition) is 1. The molecule has 1 aromatic heterocycles. The fraction of sp³-hybridized carbons (Fsp3) is 0.227. The SMILES string of the molecule is Oc1ccc(Br)cc1-c1cc(-c2ccc(OC(F)F)cc2)cc(N2CCCC2)n1. The molecule has 0 saturated carbocycles. The fourth-order valence-corrected chi connectivity index (χ4v) is 3.83. The Balaban J connectivity index is 1.78. The summed E-state index contributed by atoms with van der Waals surface area (Å²) in [5, 5.41) is 10.4. The lowest BCUT2D eigenvalue weighted by atomic mass is 10.0. The fourth-order valence-electron chi connectivity index (χ4n) is 3.47. The molecule has 1 saturated heterocycles. The van der Waals surface area contributed by atoms with Crippen molar-refractivity contribution in [1.82, 2.24) is 4.98 Å². The van der Waals surface area contributed by atoms with E-state index in [1.54, 1.807) is 24.3 Å². The van der Waals surface area contributed by atoms with Crippen molar-refractivity contribution >= 4 is 21.7 Å². The summed E-state index contributed by atoms with van der Waals surface area (Å²) in [5.74, 6) is 1.09. The van der Waals surface area contributed by atoms with Crippen LogP contribution in [-0.4, -0.2) is 29.8 Å². The Labute approximate surface area is 175 Å². The molecule has 1 N–H and O–H groups in total. The first-order valence-corrected chi connectivity index (χ1v) is 10.1. The number of rotatable bonds is 5. The summed E-state index contributed by atoms with van der Waals surface area (Å²) < 4.78 is 30.1. The molecule has 29 heavy (non-hydrogen) atoms. The summed E-state index contributed by atoms with van der Waals surface area (Å²) in [6, 6.07) is 15.6. The van der Waals surface area contributed by atoms with Gasteiger partial charge in [-0.25, -0.2) is 4.98 Å². The van der Waals surface area contributed by atoms with Gasteiger partial charge in [-0.3, -0.25) is 0 Å². The molecule has 0 spiro atoms. The minimum Gasteiger partial charge on any atom is -0.507 e. The third kappa shape index (κ3) is 4.50. The van der Waals surface area contributed by atoms with Crippen LogP contribution in [0.1, 0.15) is 12.8 Å². The third-order valence-corrected chi connectivity index (χ3v) is 5.38. The van der Waals surface area contributed by atoms with Crippen molar-refractivity contribution < 1.29 is 18.6 Å². The molecule has 0 amide bonds. The van der Waals surface area contributed by atoms with Crippen LogP contribution in [0.15, 0.2) is 59.1 Å². The minimum atomic E-state index is -2.85. The van der Waals surface area contributed by atoms with Crippen molar-refractivity contribution in [2.75, 3.05) is 18.0 Å². The molecule has 4 rings (SSSR count). The lowest BCUT2D eigenvalue weighted by Crippen LogP contribution is -2.19. The molecule has 7 heteroatoms. The Hall–Kier alpha value is -2.67. The first-order chi connectivity index (χ1) is 14.0. The number of aromatic nitrogens is 1. The molecule has 1 aliphatic rings. The van der Waals surface area contributed by atoms with E-state index in [9.17, 15) is 13.9 Å². The van der Waals surface area contributed by atoms with E-state index in [-0.39, 0.29) is 11.5 Å². The van der Waals surface area contributed by atoms with Gasteiger partial charge in [-0.05, 0) is 66.4 Å². The van der Waals surface area contributed by atoms with Crippen molar-refractivity contribution in [3.05, 3.63) is 59.1 Å². The number of pyridine rings is 1. The van der Waals surface area contributed by atoms with Crippen molar-refractivity contribution in [2.45, 2.75) is 19.5 Å². The number of benzene rings is 2. The molecule has 150 valence electrons. The Morgan fingerprint density at radius 3 is 2.38 bits per heavy atom. The molecule has 0 bridgehead atoms. The maximum absolute atomic E-state index is 12.4. The highest BCUT2D eigenvalue weighted by atomic mass is 79.9. The third-order valence-electron chi connectivity index (χ3n) is 4.89. The summed E-state index contributed by atoms with van der Waals surface area (Å²) in [6.45, 7) is -0.988. The van der Waals surface area contributed by atoms with E-state index in [1.165, 1.54) is 12.1 Å². The van der Waals surface area contributed by atoms with Gasteiger partial charge in [-0.2, -0.15) is 8.78 Å². The lowest BCUT2D eigenvalue weighted by molar-refractivity contribution is -0.0498. The van der Waals surface area contributed by atoms with Gasteiger partial charge in [0, 0.05) is 23.1 Å². The standard InChI is InChI=1S/C22H19BrF2N2O2/c23-16-5-8-20(28)18(13-16)19-11-15(12-21(26-19)27-9-1-2-10-27)14-3-6-17(7-4-14)29-22(24)25/h3-8,11-13,22,28H,1-2,9-10H2. The number of halogens is 3. The number of ether oxygens (including phenoxy) is 1. The molecule has 4 nitrogen and oxygen atoms in total. The predicted octanol–water partition coefficient (Wildman–Crippen LogP) is 6.09.